The van der Waals surface area contributed by atoms with Crippen molar-refractivity contribution in [3.8, 4) is 17.0 Å². The van der Waals surface area contributed by atoms with Crippen LogP contribution in [-0.2, 0) is 6.42 Å². The van der Waals surface area contributed by atoms with E-state index in [1.165, 1.54) is 24.8 Å². The largest absolute Gasteiger partial charge is 0.494 e. The number of nitrogens with one attached hydrogen (secondary N) is 1. The van der Waals surface area contributed by atoms with Crippen LogP contribution >= 0.6 is 11.3 Å². The fourth-order valence-electron chi connectivity index (χ4n) is 3.18. The van der Waals surface area contributed by atoms with Gasteiger partial charge in [0.25, 0.3) is 5.91 Å². The van der Waals surface area contributed by atoms with Crippen LogP contribution in [0.4, 0.5) is 0 Å². The van der Waals surface area contributed by atoms with Crippen LogP contribution in [0.5, 0.6) is 5.75 Å². The first-order valence-electron chi connectivity index (χ1n) is 10.7. The third-order valence-electron chi connectivity index (χ3n) is 4.95. The molecule has 1 N–H and O–H groups in total. The molecule has 0 aliphatic rings. The van der Waals surface area contributed by atoms with Crippen LogP contribution in [0.25, 0.3) is 11.3 Å². The number of rotatable bonds is 11. The predicted molar refractivity (Wildman–Crippen MR) is 124 cm³/mol. The van der Waals surface area contributed by atoms with Gasteiger partial charge >= 0.3 is 0 Å². The van der Waals surface area contributed by atoms with Crippen molar-refractivity contribution in [1.82, 2.24) is 10.3 Å². The second-order valence-corrected chi connectivity index (χ2v) is 8.45. The Morgan fingerprint density at radius 1 is 1.03 bits per heavy atom. The maximum atomic E-state index is 12.4. The summed E-state index contributed by atoms with van der Waals surface area (Å²) in [5, 5.41) is 6.14. The molecule has 0 unspecified atom stereocenters. The minimum Gasteiger partial charge on any atom is -0.494 e. The number of unbranched alkanes of at least 4 members (excludes halogenated alkanes) is 3. The van der Waals surface area contributed by atoms with E-state index in [-0.39, 0.29) is 5.91 Å². The Balaban J connectivity index is 1.41. The van der Waals surface area contributed by atoms with E-state index in [1.807, 2.05) is 31.2 Å². The molecule has 0 radical (unpaired) electrons. The van der Waals surface area contributed by atoms with Crippen LogP contribution in [0.2, 0.25) is 0 Å². The highest BCUT2D eigenvalue weighted by atomic mass is 32.1. The molecule has 5 heteroatoms. The van der Waals surface area contributed by atoms with E-state index >= 15 is 0 Å². The van der Waals surface area contributed by atoms with Crippen molar-refractivity contribution in [2.45, 2.75) is 46.0 Å². The van der Waals surface area contributed by atoms with E-state index < -0.39 is 0 Å². The van der Waals surface area contributed by atoms with Crippen molar-refractivity contribution in [1.29, 1.82) is 0 Å². The molecule has 0 aliphatic carbocycles. The third-order valence-corrected chi connectivity index (χ3v) is 5.72. The molecule has 0 saturated carbocycles. The van der Waals surface area contributed by atoms with Crippen LogP contribution in [0.15, 0.2) is 53.9 Å². The molecular weight excluding hydrogens is 392 g/mol. The van der Waals surface area contributed by atoms with Crippen LogP contribution < -0.4 is 10.1 Å². The lowest BCUT2D eigenvalue weighted by molar-refractivity contribution is 0.0954. The van der Waals surface area contributed by atoms with E-state index in [0.29, 0.717) is 12.1 Å². The Kier molecular flexibility index (Phi) is 8.45. The van der Waals surface area contributed by atoms with Crippen molar-refractivity contribution in [3.63, 3.8) is 0 Å². The normalized spacial score (nSPS) is 10.7. The molecule has 0 atom stereocenters. The van der Waals surface area contributed by atoms with Gasteiger partial charge in [-0.1, -0.05) is 50.5 Å². The number of ether oxygens (including phenoxy) is 1. The highest BCUT2D eigenvalue weighted by Gasteiger charge is 2.06. The first kappa shape index (κ1) is 22.0. The second-order valence-electron chi connectivity index (χ2n) is 7.39. The quantitative estimate of drug-likeness (QED) is 0.383. The summed E-state index contributed by atoms with van der Waals surface area (Å²) in [5.74, 6) is 0.762. The Bertz CT molecular complexity index is 917. The molecule has 3 rings (SSSR count). The summed E-state index contributed by atoms with van der Waals surface area (Å²) in [6, 6.07) is 15.8. The minimum absolute atomic E-state index is 0.0564. The average molecular weight is 423 g/mol. The number of aryl methyl sites for hydroxylation is 1. The lowest BCUT2D eigenvalue weighted by atomic mass is 10.1. The summed E-state index contributed by atoms with van der Waals surface area (Å²) in [7, 11) is 0. The van der Waals surface area contributed by atoms with E-state index in [4.69, 9.17) is 4.74 Å². The SMILES string of the molecule is CCCCCCOc1ccc(C(=O)NCCc2ccc(-c3csc(C)n3)cc2)cc1. The van der Waals surface area contributed by atoms with Crippen molar-refractivity contribution in [2.75, 3.05) is 13.2 Å². The summed E-state index contributed by atoms with van der Waals surface area (Å²) in [6.07, 6.45) is 5.53. The Labute approximate surface area is 183 Å². The maximum Gasteiger partial charge on any atom is 0.251 e. The van der Waals surface area contributed by atoms with Gasteiger partial charge in [-0.25, -0.2) is 4.98 Å². The highest BCUT2D eigenvalue weighted by Crippen LogP contribution is 2.22. The van der Waals surface area contributed by atoms with Gasteiger partial charge in [-0.2, -0.15) is 0 Å². The molecule has 4 nitrogen and oxygen atoms in total. The van der Waals surface area contributed by atoms with Crippen LogP contribution in [0, 0.1) is 6.92 Å². The predicted octanol–water partition coefficient (Wildman–Crippen LogP) is 6.05. The zero-order valence-electron chi connectivity index (χ0n) is 17.8. The molecule has 0 saturated heterocycles. The Hall–Kier alpha value is -2.66. The molecule has 2 aromatic carbocycles. The smallest absolute Gasteiger partial charge is 0.251 e. The summed E-state index contributed by atoms with van der Waals surface area (Å²) >= 11 is 1.66. The number of hydrogen-bond donors (Lipinski definition) is 1. The van der Waals surface area contributed by atoms with Gasteiger partial charge in [0.2, 0.25) is 0 Å². The summed E-state index contributed by atoms with van der Waals surface area (Å²) < 4.78 is 5.73. The molecule has 0 bridgehead atoms. The molecule has 1 heterocycles. The van der Waals surface area contributed by atoms with E-state index in [0.717, 1.165) is 41.5 Å². The maximum absolute atomic E-state index is 12.4. The molecule has 30 heavy (non-hydrogen) atoms. The summed E-state index contributed by atoms with van der Waals surface area (Å²) in [4.78, 5) is 16.9. The molecule has 1 amide bonds. The second kappa shape index (κ2) is 11.5. The topological polar surface area (TPSA) is 51.2 Å². The highest BCUT2D eigenvalue weighted by molar-refractivity contribution is 7.09. The fraction of sp³-hybridized carbons (Fsp3) is 0.360. The summed E-state index contributed by atoms with van der Waals surface area (Å²) in [6.45, 7) is 5.54. The average Bonchev–Trinajstić information content (AvgIpc) is 3.21. The number of amides is 1. The Morgan fingerprint density at radius 3 is 2.47 bits per heavy atom. The van der Waals surface area contributed by atoms with Gasteiger partial charge in [0, 0.05) is 23.1 Å². The standard InChI is InChI=1S/C25H30N2O2S/c1-3-4-5-6-17-29-23-13-11-22(12-14-23)25(28)26-16-15-20-7-9-21(10-8-20)24-18-30-19(2)27-24/h7-14,18H,3-6,15-17H2,1-2H3,(H,26,28). The number of carbonyl (C=O) groups excluding carboxylic acids is 1. The van der Waals surface area contributed by atoms with Crippen molar-refractivity contribution >= 4 is 17.2 Å². The number of benzene rings is 2. The first-order valence-corrected chi connectivity index (χ1v) is 11.6. The lowest BCUT2D eigenvalue weighted by Gasteiger charge is -2.08. The van der Waals surface area contributed by atoms with E-state index in [2.05, 4.69) is 46.9 Å². The van der Waals surface area contributed by atoms with Gasteiger partial charge in [0.1, 0.15) is 5.75 Å². The molecule has 3 aromatic rings. The van der Waals surface area contributed by atoms with Gasteiger partial charge in [-0.3, -0.25) is 4.79 Å². The first-order chi connectivity index (χ1) is 14.7. The number of hydrogen-bond acceptors (Lipinski definition) is 4. The zero-order chi connectivity index (χ0) is 21.2. The molecule has 1 aromatic heterocycles. The van der Waals surface area contributed by atoms with Crippen LogP contribution in [0.3, 0.4) is 0 Å². The molecule has 0 aliphatic heterocycles. The van der Waals surface area contributed by atoms with Crippen molar-refractivity contribution in [3.05, 3.63) is 70.0 Å². The van der Waals surface area contributed by atoms with Crippen LogP contribution in [-0.4, -0.2) is 24.0 Å². The molecule has 158 valence electrons. The number of nitrogens with zero attached hydrogens (tertiary/aromatic N) is 1. The fourth-order valence-corrected chi connectivity index (χ4v) is 3.80. The van der Waals surface area contributed by atoms with E-state index in [9.17, 15) is 4.79 Å². The van der Waals surface area contributed by atoms with Gasteiger partial charge in [0.15, 0.2) is 0 Å². The number of aromatic nitrogens is 1. The Morgan fingerprint density at radius 2 is 1.80 bits per heavy atom. The molecule has 0 spiro atoms. The zero-order valence-corrected chi connectivity index (χ0v) is 18.6. The van der Waals surface area contributed by atoms with Gasteiger partial charge in [-0.15, -0.1) is 11.3 Å². The molecule has 0 fully saturated rings. The van der Waals surface area contributed by atoms with Crippen molar-refractivity contribution in [2.24, 2.45) is 0 Å². The van der Waals surface area contributed by atoms with Crippen molar-refractivity contribution < 1.29 is 9.53 Å². The monoisotopic (exact) mass is 422 g/mol. The minimum atomic E-state index is -0.0564. The van der Waals surface area contributed by atoms with Gasteiger partial charge < -0.3 is 10.1 Å². The number of thiazole rings is 1. The number of carbonyl (C=O) groups is 1. The summed E-state index contributed by atoms with van der Waals surface area (Å²) in [5.41, 5.74) is 3.99. The third kappa shape index (κ3) is 6.70. The van der Waals surface area contributed by atoms with Gasteiger partial charge in [-0.05, 0) is 49.6 Å². The molecular formula is C25H30N2O2S. The van der Waals surface area contributed by atoms with Crippen LogP contribution in [0.1, 0.15) is 53.5 Å². The van der Waals surface area contributed by atoms with E-state index in [1.54, 1.807) is 11.3 Å². The lowest BCUT2D eigenvalue weighted by Crippen LogP contribution is -2.25. The van der Waals surface area contributed by atoms with Gasteiger partial charge in [0.05, 0.1) is 17.3 Å².